The summed E-state index contributed by atoms with van der Waals surface area (Å²) < 4.78 is 24.3. The normalized spacial score (nSPS) is 12.4. The van der Waals surface area contributed by atoms with Crippen LogP contribution in [0.1, 0.15) is 38.6 Å². The molecule has 0 saturated heterocycles. The van der Waals surface area contributed by atoms with E-state index in [1.54, 1.807) is 12.1 Å². The third-order valence-corrected chi connectivity index (χ3v) is 3.19. The Morgan fingerprint density at radius 3 is 2.76 bits per heavy atom. The molecule has 1 N–H and O–H groups in total. The number of hydrogen-bond donors (Lipinski definition) is 1. The van der Waals surface area contributed by atoms with Gasteiger partial charge in [-0.3, -0.25) is 0 Å². The summed E-state index contributed by atoms with van der Waals surface area (Å²) in [5.41, 5.74) is 0.539. The van der Waals surface area contributed by atoms with E-state index in [0.717, 1.165) is 19.4 Å². The van der Waals surface area contributed by atoms with Crippen molar-refractivity contribution in [1.29, 1.82) is 0 Å². The van der Waals surface area contributed by atoms with E-state index < -0.39 is 5.82 Å². The van der Waals surface area contributed by atoms with Crippen LogP contribution < -0.4 is 10.1 Å². The minimum Gasteiger partial charge on any atom is -0.494 e. The van der Waals surface area contributed by atoms with Gasteiger partial charge in [0.1, 0.15) is 0 Å². The van der Waals surface area contributed by atoms with Crippen molar-refractivity contribution in [3.63, 3.8) is 0 Å². The van der Waals surface area contributed by atoms with Crippen molar-refractivity contribution >= 4 is 0 Å². The quantitative estimate of drug-likeness (QED) is 0.848. The smallest absolute Gasteiger partial charge is 0.247 e. The fourth-order valence-corrected chi connectivity index (χ4v) is 2.02. The molecule has 0 saturated carbocycles. The lowest BCUT2D eigenvalue weighted by molar-refractivity contribution is 0.385. The average Bonchev–Trinajstić information content (AvgIpc) is 2.98. The zero-order valence-electron chi connectivity index (χ0n) is 12.5. The van der Waals surface area contributed by atoms with Crippen LogP contribution in [-0.2, 0) is 0 Å². The highest BCUT2D eigenvalue weighted by Crippen LogP contribution is 2.26. The predicted molar refractivity (Wildman–Crippen MR) is 77.6 cm³/mol. The van der Waals surface area contributed by atoms with Crippen molar-refractivity contribution in [3.8, 4) is 17.2 Å². The first-order valence-corrected chi connectivity index (χ1v) is 7.10. The van der Waals surface area contributed by atoms with Gasteiger partial charge in [0.25, 0.3) is 0 Å². The summed E-state index contributed by atoms with van der Waals surface area (Å²) in [5, 5.41) is 11.4. The van der Waals surface area contributed by atoms with Gasteiger partial charge in [0.05, 0.1) is 13.2 Å². The molecule has 1 atom stereocenters. The maximum Gasteiger partial charge on any atom is 0.247 e. The molecule has 1 unspecified atom stereocenters. The van der Waals surface area contributed by atoms with Crippen LogP contribution in [-0.4, -0.2) is 23.9 Å². The number of aromatic nitrogens is 2. The number of ether oxygens (including phenoxy) is 1. The molecule has 0 amide bonds. The molecule has 0 aliphatic heterocycles. The van der Waals surface area contributed by atoms with Gasteiger partial charge in [-0.15, -0.1) is 10.2 Å². The van der Waals surface area contributed by atoms with E-state index in [1.807, 2.05) is 6.92 Å². The van der Waals surface area contributed by atoms with Gasteiger partial charge in [-0.25, -0.2) is 4.39 Å². The van der Waals surface area contributed by atoms with Gasteiger partial charge in [-0.05, 0) is 37.6 Å². The Morgan fingerprint density at radius 1 is 1.33 bits per heavy atom. The van der Waals surface area contributed by atoms with Gasteiger partial charge in [-0.2, -0.15) is 0 Å². The van der Waals surface area contributed by atoms with E-state index in [-0.39, 0.29) is 11.8 Å². The molecule has 0 fully saturated rings. The van der Waals surface area contributed by atoms with Gasteiger partial charge < -0.3 is 14.5 Å². The summed E-state index contributed by atoms with van der Waals surface area (Å²) in [6.07, 6.45) is 1.87. The molecule has 5 nitrogen and oxygen atoms in total. The zero-order valence-corrected chi connectivity index (χ0v) is 12.5. The van der Waals surface area contributed by atoms with Crippen LogP contribution in [0.4, 0.5) is 4.39 Å². The summed E-state index contributed by atoms with van der Waals surface area (Å²) in [6.45, 7) is 5.02. The highest BCUT2D eigenvalue weighted by atomic mass is 19.1. The molecule has 0 spiro atoms. The summed E-state index contributed by atoms with van der Waals surface area (Å²) in [6, 6.07) is 4.59. The van der Waals surface area contributed by atoms with Crippen molar-refractivity contribution in [2.24, 2.45) is 0 Å². The van der Waals surface area contributed by atoms with E-state index in [4.69, 9.17) is 9.15 Å². The minimum atomic E-state index is -0.453. The first-order valence-electron chi connectivity index (χ1n) is 7.10. The summed E-state index contributed by atoms with van der Waals surface area (Å²) in [5.74, 6) is 0.570. The second kappa shape index (κ2) is 7.17. The molecule has 6 heteroatoms. The SMILES string of the molecule is CCCNC(CC)c1nnc(-c2ccc(OC)c(F)c2)o1. The third-order valence-electron chi connectivity index (χ3n) is 3.19. The van der Waals surface area contributed by atoms with Crippen LogP contribution >= 0.6 is 0 Å². The maximum absolute atomic E-state index is 13.7. The first-order chi connectivity index (χ1) is 10.2. The van der Waals surface area contributed by atoms with E-state index in [9.17, 15) is 4.39 Å². The molecule has 0 aliphatic rings. The first kappa shape index (κ1) is 15.4. The average molecular weight is 293 g/mol. The van der Waals surface area contributed by atoms with Gasteiger partial charge >= 0.3 is 0 Å². The Balaban J connectivity index is 2.20. The lowest BCUT2D eigenvalue weighted by Gasteiger charge is -2.11. The second-order valence-electron chi connectivity index (χ2n) is 4.71. The van der Waals surface area contributed by atoms with Crippen LogP contribution in [0.25, 0.3) is 11.5 Å². The molecule has 2 aromatic rings. The van der Waals surface area contributed by atoms with Crippen molar-refractivity contribution in [3.05, 3.63) is 29.9 Å². The zero-order chi connectivity index (χ0) is 15.2. The lowest BCUT2D eigenvalue weighted by atomic mass is 10.2. The fraction of sp³-hybridized carbons (Fsp3) is 0.467. The molecule has 0 radical (unpaired) electrons. The van der Waals surface area contributed by atoms with Gasteiger partial charge in [-0.1, -0.05) is 13.8 Å². The standard InChI is InChI=1S/C15H20FN3O2/c1-4-8-17-12(5-2)15-19-18-14(21-15)10-6-7-13(20-3)11(16)9-10/h6-7,9,12,17H,4-5,8H2,1-3H3. The molecule has 1 aromatic carbocycles. The minimum absolute atomic E-state index is 0.0225. The number of halogens is 1. The number of nitrogens with one attached hydrogen (secondary N) is 1. The van der Waals surface area contributed by atoms with Crippen LogP contribution in [0, 0.1) is 5.82 Å². The molecule has 114 valence electrons. The van der Waals surface area contributed by atoms with Crippen molar-refractivity contribution in [1.82, 2.24) is 15.5 Å². The largest absolute Gasteiger partial charge is 0.494 e. The molecule has 21 heavy (non-hydrogen) atoms. The summed E-state index contributed by atoms with van der Waals surface area (Å²) >= 11 is 0. The van der Waals surface area contributed by atoms with Crippen LogP contribution in [0.2, 0.25) is 0 Å². The Labute approximate surface area is 123 Å². The van der Waals surface area contributed by atoms with E-state index in [0.29, 0.717) is 17.3 Å². The topological polar surface area (TPSA) is 60.2 Å². The maximum atomic E-state index is 13.7. The molecule has 1 aromatic heterocycles. The van der Waals surface area contributed by atoms with Crippen molar-refractivity contribution in [2.45, 2.75) is 32.7 Å². The Hall–Kier alpha value is -1.95. The van der Waals surface area contributed by atoms with E-state index >= 15 is 0 Å². The second-order valence-corrected chi connectivity index (χ2v) is 4.71. The van der Waals surface area contributed by atoms with Gasteiger partial charge in [0.2, 0.25) is 11.8 Å². The Kier molecular flexibility index (Phi) is 5.27. The summed E-state index contributed by atoms with van der Waals surface area (Å²) in [7, 11) is 1.42. The van der Waals surface area contributed by atoms with E-state index in [2.05, 4.69) is 22.4 Å². The number of rotatable bonds is 7. The molecular weight excluding hydrogens is 273 g/mol. The summed E-state index contributed by atoms with van der Waals surface area (Å²) in [4.78, 5) is 0. The number of nitrogens with zero attached hydrogens (tertiary/aromatic N) is 2. The highest BCUT2D eigenvalue weighted by Gasteiger charge is 2.17. The van der Waals surface area contributed by atoms with Gasteiger partial charge in [0, 0.05) is 5.56 Å². The van der Waals surface area contributed by atoms with Crippen molar-refractivity contribution in [2.75, 3.05) is 13.7 Å². The lowest BCUT2D eigenvalue weighted by Crippen LogP contribution is -2.21. The number of methoxy groups -OCH3 is 1. The molecule has 2 rings (SSSR count). The van der Waals surface area contributed by atoms with Crippen LogP contribution in [0.5, 0.6) is 5.75 Å². The fourth-order valence-electron chi connectivity index (χ4n) is 2.02. The Bertz CT molecular complexity index is 586. The number of benzene rings is 1. The van der Waals surface area contributed by atoms with Crippen LogP contribution in [0.15, 0.2) is 22.6 Å². The monoisotopic (exact) mass is 293 g/mol. The number of hydrogen-bond acceptors (Lipinski definition) is 5. The molecule has 1 heterocycles. The molecule has 0 aliphatic carbocycles. The third kappa shape index (κ3) is 3.58. The highest BCUT2D eigenvalue weighted by molar-refractivity contribution is 5.54. The van der Waals surface area contributed by atoms with Crippen molar-refractivity contribution < 1.29 is 13.5 Å². The van der Waals surface area contributed by atoms with Gasteiger partial charge in [0.15, 0.2) is 11.6 Å². The Morgan fingerprint density at radius 2 is 2.14 bits per heavy atom. The van der Waals surface area contributed by atoms with E-state index in [1.165, 1.54) is 13.2 Å². The molecular formula is C15H20FN3O2. The molecule has 0 bridgehead atoms. The predicted octanol–water partition coefficient (Wildman–Crippen LogP) is 3.34. The van der Waals surface area contributed by atoms with Crippen LogP contribution in [0.3, 0.4) is 0 Å².